The molecule has 1 fully saturated rings. The molecule has 84 valence electrons. The third-order valence-electron chi connectivity index (χ3n) is 2.81. The van der Waals surface area contributed by atoms with E-state index in [4.69, 9.17) is 5.84 Å². The molecule has 1 aromatic carbocycles. The van der Waals surface area contributed by atoms with Crippen molar-refractivity contribution in [3.05, 3.63) is 24.3 Å². The Hall–Kier alpha value is -1.40. The van der Waals surface area contributed by atoms with E-state index in [1.165, 1.54) is 11.1 Å². The molecule has 0 atom stereocenters. The second-order valence-electron chi connectivity index (χ2n) is 4.04. The molecule has 16 heavy (non-hydrogen) atoms. The molecule has 3 rings (SSSR count). The van der Waals surface area contributed by atoms with Crippen LogP contribution in [0.1, 0.15) is 12.8 Å². The first-order valence-electron chi connectivity index (χ1n) is 5.08. The normalized spacial score (nSPS) is 22.6. The Morgan fingerprint density at radius 1 is 1.31 bits per heavy atom. The monoisotopic (exact) mass is 237 g/mol. The zero-order chi connectivity index (χ0) is 11.3. The lowest BCUT2D eigenvalue weighted by molar-refractivity contribution is 0.596. The van der Waals surface area contributed by atoms with Gasteiger partial charge in [0, 0.05) is 5.92 Å². The van der Waals surface area contributed by atoms with E-state index in [2.05, 4.69) is 4.40 Å². The lowest BCUT2D eigenvalue weighted by Gasteiger charge is -2.26. The number of hydrazine groups is 1. The van der Waals surface area contributed by atoms with Crippen molar-refractivity contribution in [2.45, 2.75) is 17.7 Å². The first kappa shape index (κ1) is 9.80. The first-order valence-corrected chi connectivity index (χ1v) is 6.52. The van der Waals surface area contributed by atoms with E-state index in [9.17, 15) is 8.42 Å². The number of nitrogens with zero attached hydrogens (tertiary/aromatic N) is 2. The van der Waals surface area contributed by atoms with Crippen molar-refractivity contribution < 1.29 is 8.42 Å². The number of benzene rings is 1. The smallest absolute Gasteiger partial charge is 0.264 e. The predicted molar refractivity (Wildman–Crippen MR) is 60.5 cm³/mol. The van der Waals surface area contributed by atoms with Gasteiger partial charge >= 0.3 is 0 Å². The van der Waals surface area contributed by atoms with E-state index >= 15 is 0 Å². The summed E-state index contributed by atoms with van der Waals surface area (Å²) < 4.78 is 27.6. The summed E-state index contributed by atoms with van der Waals surface area (Å²) in [6.07, 6.45) is 1.93. The highest BCUT2D eigenvalue weighted by Gasteiger charge is 2.37. The number of para-hydroxylation sites is 1. The van der Waals surface area contributed by atoms with Crippen molar-refractivity contribution in [3.63, 3.8) is 0 Å². The molecule has 0 saturated heterocycles. The molecule has 0 aromatic heterocycles. The summed E-state index contributed by atoms with van der Waals surface area (Å²) in [5.74, 6) is 6.56. The van der Waals surface area contributed by atoms with Crippen molar-refractivity contribution in [1.29, 1.82) is 0 Å². The third-order valence-corrected chi connectivity index (χ3v) is 4.13. The number of hydrogen-bond donors (Lipinski definition) is 1. The summed E-state index contributed by atoms with van der Waals surface area (Å²) in [6, 6.07) is 6.66. The second-order valence-corrected chi connectivity index (χ2v) is 5.61. The third kappa shape index (κ3) is 1.34. The molecule has 2 N–H and O–H groups in total. The molecule has 0 spiro atoms. The summed E-state index contributed by atoms with van der Waals surface area (Å²) in [6.45, 7) is 0. The number of fused-ring (bicyclic) bond motifs is 1. The number of hydrogen-bond acceptors (Lipinski definition) is 4. The number of rotatable bonds is 1. The highest BCUT2D eigenvalue weighted by atomic mass is 32.2. The summed E-state index contributed by atoms with van der Waals surface area (Å²) in [5, 5.41) is 1.40. The first-order chi connectivity index (χ1) is 7.59. The molecular formula is C10H11N3O2S. The van der Waals surface area contributed by atoms with Gasteiger partial charge in [0.2, 0.25) is 0 Å². The summed E-state index contributed by atoms with van der Waals surface area (Å²) in [5.41, 5.74) is 0.513. The molecule has 5 nitrogen and oxygen atoms in total. The number of sulfonamides is 1. The molecule has 0 bridgehead atoms. The number of nitrogens with two attached hydrogens (primary N) is 1. The Kier molecular flexibility index (Phi) is 1.87. The predicted octanol–water partition coefficient (Wildman–Crippen LogP) is 0.878. The van der Waals surface area contributed by atoms with Crippen LogP contribution in [0.4, 0.5) is 5.69 Å². The van der Waals surface area contributed by atoms with E-state index < -0.39 is 10.0 Å². The zero-order valence-corrected chi connectivity index (χ0v) is 9.31. The summed E-state index contributed by atoms with van der Waals surface area (Å²) >= 11 is 0. The SMILES string of the molecule is NN1C(C2CC2)=NS(=O)(=O)c2ccccc21. The minimum absolute atomic E-state index is 0.182. The van der Waals surface area contributed by atoms with Crippen molar-refractivity contribution in [1.82, 2.24) is 0 Å². The highest BCUT2D eigenvalue weighted by molar-refractivity contribution is 7.90. The fourth-order valence-corrected chi connectivity index (χ4v) is 3.09. The average molecular weight is 237 g/mol. The lowest BCUT2D eigenvalue weighted by atomic mass is 10.3. The van der Waals surface area contributed by atoms with Crippen LogP contribution < -0.4 is 10.9 Å². The quantitative estimate of drug-likeness (QED) is 0.735. The molecule has 1 heterocycles. The van der Waals surface area contributed by atoms with Crippen LogP contribution in [0.25, 0.3) is 0 Å². The average Bonchev–Trinajstić information content (AvgIpc) is 3.08. The van der Waals surface area contributed by atoms with E-state index in [1.54, 1.807) is 18.2 Å². The maximum absolute atomic E-state index is 11.9. The fraction of sp³-hybridized carbons (Fsp3) is 0.300. The second kappa shape index (κ2) is 3.05. The molecule has 6 heteroatoms. The van der Waals surface area contributed by atoms with Gasteiger partial charge in [-0.05, 0) is 25.0 Å². The number of anilines is 1. The van der Waals surface area contributed by atoms with Crippen LogP contribution in [0.3, 0.4) is 0 Å². The van der Waals surface area contributed by atoms with Gasteiger partial charge in [0.15, 0.2) is 0 Å². The molecule has 1 saturated carbocycles. The summed E-state index contributed by atoms with van der Waals surface area (Å²) in [4.78, 5) is 0.182. The Morgan fingerprint density at radius 3 is 2.69 bits per heavy atom. The molecule has 1 aliphatic heterocycles. The van der Waals surface area contributed by atoms with Crippen LogP contribution in [0.5, 0.6) is 0 Å². The number of amidine groups is 1. The van der Waals surface area contributed by atoms with E-state index in [0.29, 0.717) is 11.5 Å². The van der Waals surface area contributed by atoms with Crippen LogP contribution in [0.15, 0.2) is 33.6 Å². The van der Waals surface area contributed by atoms with Crippen molar-refractivity contribution >= 4 is 21.5 Å². The minimum atomic E-state index is -3.56. The maximum atomic E-state index is 11.9. The van der Waals surface area contributed by atoms with E-state index in [1.807, 2.05) is 0 Å². The van der Waals surface area contributed by atoms with Crippen molar-refractivity contribution in [2.24, 2.45) is 16.2 Å². The molecule has 1 aromatic rings. The van der Waals surface area contributed by atoms with Crippen LogP contribution in [-0.4, -0.2) is 14.3 Å². The van der Waals surface area contributed by atoms with E-state index in [-0.39, 0.29) is 10.8 Å². The van der Waals surface area contributed by atoms with Gasteiger partial charge in [-0.1, -0.05) is 12.1 Å². The topological polar surface area (TPSA) is 75.8 Å². The maximum Gasteiger partial charge on any atom is 0.286 e. The van der Waals surface area contributed by atoms with Gasteiger partial charge < -0.3 is 0 Å². The lowest BCUT2D eigenvalue weighted by Crippen LogP contribution is -2.42. The van der Waals surface area contributed by atoms with Crippen molar-refractivity contribution in [3.8, 4) is 0 Å². The van der Waals surface area contributed by atoms with Gasteiger partial charge in [0.1, 0.15) is 10.7 Å². The van der Waals surface area contributed by atoms with Gasteiger partial charge in [0.05, 0.1) is 5.69 Å². The molecule has 0 radical (unpaired) electrons. The molecule has 2 aliphatic rings. The molecule has 0 unspecified atom stereocenters. The van der Waals surface area contributed by atoms with Gasteiger partial charge in [0.25, 0.3) is 10.0 Å². The highest BCUT2D eigenvalue weighted by Crippen LogP contribution is 2.38. The van der Waals surface area contributed by atoms with Crippen LogP contribution >= 0.6 is 0 Å². The summed E-state index contributed by atoms with van der Waals surface area (Å²) in [7, 11) is -3.56. The van der Waals surface area contributed by atoms with Gasteiger partial charge in [-0.3, -0.25) is 5.01 Å². The minimum Gasteiger partial charge on any atom is -0.264 e. The fourth-order valence-electron chi connectivity index (χ4n) is 1.83. The van der Waals surface area contributed by atoms with Gasteiger partial charge in [-0.15, -0.1) is 4.40 Å². The zero-order valence-electron chi connectivity index (χ0n) is 8.50. The van der Waals surface area contributed by atoms with E-state index in [0.717, 1.165) is 12.8 Å². The molecule has 1 aliphatic carbocycles. The molecule has 0 amide bonds. The van der Waals surface area contributed by atoms with Crippen LogP contribution in [0, 0.1) is 5.92 Å². The van der Waals surface area contributed by atoms with Gasteiger partial charge in [-0.2, -0.15) is 8.42 Å². The standard InChI is InChI=1S/C10H11N3O2S/c11-13-8-3-1-2-4-9(8)16(14,15)12-10(13)7-5-6-7/h1-4,7H,5-6,11H2. The largest absolute Gasteiger partial charge is 0.286 e. The molecular weight excluding hydrogens is 226 g/mol. The van der Waals surface area contributed by atoms with Crippen LogP contribution in [-0.2, 0) is 10.0 Å². The Morgan fingerprint density at radius 2 is 2.00 bits per heavy atom. The van der Waals surface area contributed by atoms with Crippen molar-refractivity contribution in [2.75, 3.05) is 5.01 Å². The Bertz CT molecular complexity index is 575. The van der Waals surface area contributed by atoms with Crippen LogP contribution in [0.2, 0.25) is 0 Å². The van der Waals surface area contributed by atoms with Gasteiger partial charge in [-0.25, -0.2) is 5.84 Å². The Balaban J connectivity index is 2.22. The Labute approximate surface area is 93.6 Å².